The Kier molecular flexibility index (Phi) is 4.88. The molecule has 7 heavy (non-hydrogen) atoms. The van der Waals surface area contributed by atoms with Crippen LogP contribution in [0.5, 0.6) is 0 Å². The van der Waals surface area contributed by atoms with Crippen LogP contribution >= 0.6 is 0 Å². The first-order chi connectivity index (χ1) is 3.31. The molecule has 1 atom stereocenters. The van der Waals surface area contributed by atoms with Crippen LogP contribution in [0.15, 0.2) is 0 Å². The van der Waals surface area contributed by atoms with E-state index in [1.165, 1.54) is 0 Å². The fraction of sp³-hybridized carbons (Fsp3) is 1.00. The van der Waals surface area contributed by atoms with Gasteiger partial charge in [0.1, 0.15) is 0 Å². The van der Waals surface area contributed by atoms with E-state index >= 15 is 0 Å². The maximum absolute atomic E-state index is 8.62. The van der Waals surface area contributed by atoms with Gasteiger partial charge in [-0.15, -0.1) is 0 Å². The Balaban J connectivity index is 2.83. The van der Waals surface area contributed by atoms with Crippen molar-refractivity contribution in [2.24, 2.45) is 0 Å². The van der Waals surface area contributed by atoms with Crippen molar-refractivity contribution in [3.8, 4) is 0 Å². The van der Waals surface area contributed by atoms with Crippen LogP contribution in [-0.4, -0.2) is 37.9 Å². The minimum atomic E-state index is -0.468. The van der Waals surface area contributed by atoms with Gasteiger partial charge in [-0.05, 0) is 0 Å². The standard InChI is InChI=1S/C4H10O2Se/c1-7-3-4(6)2-5/h4-6H,2-3H2,1H3. The molecule has 0 spiro atoms. The zero-order chi connectivity index (χ0) is 5.70. The van der Waals surface area contributed by atoms with Crippen molar-refractivity contribution >= 4 is 15.0 Å². The van der Waals surface area contributed by atoms with Crippen molar-refractivity contribution in [3.63, 3.8) is 0 Å². The van der Waals surface area contributed by atoms with Gasteiger partial charge in [0.2, 0.25) is 0 Å². The Morgan fingerprint density at radius 1 is 1.71 bits per heavy atom. The van der Waals surface area contributed by atoms with E-state index < -0.39 is 6.10 Å². The summed E-state index contributed by atoms with van der Waals surface area (Å²) in [4.78, 5) is 0. The average Bonchev–Trinajstić information content (AvgIpc) is 1.68. The molecule has 0 rings (SSSR count). The molecule has 0 aliphatic heterocycles. The molecule has 0 amide bonds. The molecule has 44 valence electrons. The second kappa shape index (κ2) is 4.59. The van der Waals surface area contributed by atoms with Crippen LogP contribution in [0.25, 0.3) is 0 Å². The van der Waals surface area contributed by atoms with Crippen molar-refractivity contribution in [3.05, 3.63) is 0 Å². The third kappa shape index (κ3) is 4.29. The van der Waals surface area contributed by atoms with Crippen molar-refractivity contribution < 1.29 is 10.2 Å². The van der Waals surface area contributed by atoms with Gasteiger partial charge in [0, 0.05) is 0 Å². The van der Waals surface area contributed by atoms with Crippen molar-refractivity contribution in [1.29, 1.82) is 0 Å². The second-order valence-corrected chi connectivity index (χ2v) is 3.20. The molecule has 0 bridgehead atoms. The zero-order valence-corrected chi connectivity index (χ0v) is 6.01. The Morgan fingerprint density at radius 3 is 2.43 bits per heavy atom. The normalized spacial score (nSPS) is 14.1. The predicted molar refractivity (Wildman–Crippen MR) is 29.5 cm³/mol. The molecule has 0 heterocycles. The van der Waals surface area contributed by atoms with Gasteiger partial charge in [0.05, 0.1) is 0 Å². The molecule has 1 unspecified atom stereocenters. The molecule has 0 aliphatic rings. The van der Waals surface area contributed by atoms with Crippen LogP contribution in [0.2, 0.25) is 11.1 Å². The van der Waals surface area contributed by atoms with Gasteiger partial charge in [0.15, 0.2) is 0 Å². The van der Waals surface area contributed by atoms with Crippen LogP contribution in [0.1, 0.15) is 0 Å². The zero-order valence-electron chi connectivity index (χ0n) is 4.29. The molecule has 0 aromatic carbocycles. The van der Waals surface area contributed by atoms with E-state index in [1.54, 1.807) is 0 Å². The van der Waals surface area contributed by atoms with Crippen LogP contribution in [0.3, 0.4) is 0 Å². The molecule has 0 saturated carbocycles. The van der Waals surface area contributed by atoms with Gasteiger partial charge in [-0.25, -0.2) is 0 Å². The topological polar surface area (TPSA) is 40.5 Å². The maximum atomic E-state index is 8.62. The first-order valence-corrected chi connectivity index (χ1v) is 5.01. The number of hydrogen-bond acceptors (Lipinski definition) is 2. The summed E-state index contributed by atoms with van der Waals surface area (Å²) < 4.78 is 0. The fourth-order valence-corrected chi connectivity index (χ4v) is 1.27. The molecule has 3 heteroatoms. The van der Waals surface area contributed by atoms with E-state index in [2.05, 4.69) is 0 Å². The quantitative estimate of drug-likeness (QED) is 0.559. The van der Waals surface area contributed by atoms with Crippen molar-refractivity contribution in [1.82, 2.24) is 0 Å². The van der Waals surface area contributed by atoms with E-state index in [4.69, 9.17) is 10.2 Å². The molecular weight excluding hydrogens is 159 g/mol. The van der Waals surface area contributed by atoms with Gasteiger partial charge in [-0.2, -0.15) is 0 Å². The first kappa shape index (κ1) is 7.44. The van der Waals surface area contributed by atoms with Gasteiger partial charge < -0.3 is 0 Å². The summed E-state index contributed by atoms with van der Waals surface area (Å²) in [6.45, 7) is -0.0877. The summed E-state index contributed by atoms with van der Waals surface area (Å²) in [5.41, 5.74) is 0. The monoisotopic (exact) mass is 170 g/mol. The minimum absolute atomic E-state index is 0.0877. The van der Waals surface area contributed by atoms with Gasteiger partial charge in [-0.1, -0.05) is 0 Å². The van der Waals surface area contributed by atoms with E-state index in [9.17, 15) is 0 Å². The number of aliphatic hydroxyl groups is 2. The van der Waals surface area contributed by atoms with Crippen LogP contribution < -0.4 is 0 Å². The molecule has 2 nitrogen and oxygen atoms in total. The summed E-state index contributed by atoms with van der Waals surface area (Å²) in [7, 11) is 0. The third-order valence-electron chi connectivity index (χ3n) is 0.570. The number of aliphatic hydroxyl groups excluding tert-OH is 2. The molecule has 0 aliphatic carbocycles. The predicted octanol–water partition coefficient (Wildman–Crippen LogP) is -0.490. The first-order valence-electron chi connectivity index (χ1n) is 2.09. The van der Waals surface area contributed by atoms with E-state index in [0.717, 1.165) is 5.32 Å². The summed E-state index contributed by atoms with van der Waals surface area (Å²) in [5.74, 6) is 2.03. The van der Waals surface area contributed by atoms with Gasteiger partial charge in [0.25, 0.3) is 0 Å². The summed E-state index contributed by atoms with van der Waals surface area (Å²) in [6, 6.07) is 0. The molecular formula is C4H10O2Se. The van der Waals surface area contributed by atoms with E-state index in [0.29, 0.717) is 15.0 Å². The fourth-order valence-electron chi connectivity index (χ4n) is 0.245. The molecule has 0 fully saturated rings. The summed E-state index contributed by atoms with van der Waals surface area (Å²) >= 11 is 0.488. The Bertz CT molecular complexity index is 40.7. The average molecular weight is 169 g/mol. The molecule has 0 aromatic heterocycles. The Morgan fingerprint density at radius 2 is 2.29 bits per heavy atom. The van der Waals surface area contributed by atoms with E-state index in [1.807, 2.05) is 5.82 Å². The van der Waals surface area contributed by atoms with Crippen molar-refractivity contribution in [2.75, 3.05) is 6.61 Å². The third-order valence-corrected chi connectivity index (χ3v) is 2.08. The van der Waals surface area contributed by atoms with Gasteiger partial charge >= 0.3 is 49.0 Å². The van der Waals surface area contributed by atoms with Crippen LogP contribution in [0, 0.1) is 0 Å². The van der Waals surface area contributed by atoms with Crippen LogP contribution in [0.4, 0.5) is 0 Å². The number of rotatable bonds is 3. The Hall–Kier alpha value is 0.439. The molecule has 2 N–H and O–H groups in total. The van der Waals surface area contributed by atoms with Crippen molar-refractivity contribution in [2.45, 2.75) is 17.2 Å². The summed E-state index contributed by atoms with van der Waals surface area (Å²) in [5, 5.41) is 17.6. The number of hydrogen-bond donors (Lipinski definition) is 2. The SMILES string of the molecule is C[Se]CC(O)CO. The summed E-state index contributed by atoms with van der Waals surface area (Å²) in [6.07, 6.45) is -0.468. The van der Waals surface area contributed by atoms with Gasteiger partial charge in [-0.3, -0.25) is 0 Å². The molecule has 0 aromatic rings. The van der Waals surface area contributed by atoms with Crippen LogP contribution in [-0.2, 0) is 0 Å². The molecule has 0 saturated heterocycles. The van der Waals surface area contributed by atoms with E-state index in [-0.39, 0.29) is 6.61 Å². The Labute approximate surface area is 49.7 Å². The molecule has 0 radical (unpaired) electrons. The second-order valence-electron chi connectivity index (χ2n) is 1.29.